The van der Waals surface area contributed by atoms with Crippen molar-refractivity contribution in [3.05, 3.63) is 130 Å². The van der Waals surface area contributed by atoms with Gasteiger partial charge in [0.25, 0.3) is 0 Å². The van der Waals surface area contributed by atoms with Gasteiger partial charge in [-0.25, -0.2) is 0 Å². The first-order valence-electron chi connectivity index (χ1n) is 23.4. The van der Waals surface area contributed by atoms with Gasteiger partial charge in [-0.15, -0.1) is 0 Å². The van der Waals surface area contributed by atoms with E-state index in [1.165, 1.54) is 181 Å². The average molecular weight is 757 g/mol. The lowest BCUT2D eigenvalue weighted by Crippen LogP contribution is -2.07. The van der Waals surface area contributed by atoms with Crippen molar-refractivity contribution in [1.82, 2.24) is 0 Å². The molecule has 3 atom stereocenters. The topological polar surface area (TPSA) is 52.0 Å². The highest BCUT2D eigenvalue weighted by atomic mass is 14.5. The van der Waals surface area contributed by atoms with Crippen molar-refractivity contribution in [2.75, 3.05) is 11.5 Å². The van der Waals surface area contributed by atoms with Crippen molar-refractivity contribution in [2.24, 2.45) is 0 Å². The van der Waals surface area contributed by atoms with Crippen LogP contribution in [-0.4, -0.2) is 0 Å². The van der Waals surface area contributed by atoms with Crippen LogP contribution in [0, 0.1) is 0 Å². The first kappa shape index (κ1) is 45.2. The summed E-state index contributed by atoms with van der Waals surface area (Å²) in [6.45, 7) is 6.91. The van der Waals surface area contributed by atoms with E-state index in [2.05, 4.69) is 118 Å². The molecular weight excluding hydrogens is 677 g/mol. The fourth-order valence-corrected chi connectivity index (χ4v) is 8.85. The van der Waals surface area contributed by atoms with Crippen LogP contribution in [0.2, 0.25) is 0 Å². The molecule has 0 amide bonds. The molecule has 2 heteroatoms. The van der Waals surface area contributed by atoms with E-state index in [4.69, 9.17) is 11.5 Å². The predicted octanol–water partition coefficient (Wildman–Crippen LogP) is 16.5. The molecule has 4 aromatic carbocycles. The van der Waals surface area contributed by atoms with Crippen LogP contribution in [0.3, 0.4) is 0 Å². The van der Waals surface area contributed by atoms with Crippen molar-refractivity contribution >= 4 is 11.4 Å². The lowest BCUT2D eigenvalue weighted by molar-refractivity contribution is 0.527. The standard InChI is InChI=1S/C54H80N2/c1-4-7-10-13-16-17-18-21-24-50(45-31-33-47(34-32-45)54(26-23-20-15-12-9-6-3)49-37-41-52(56)42-38-49)43-44-27-29-46(30-28-44)53(25-22-19-14-11-8-5-2)48-35-39-51(55)40-36-48/h27-42,50,53-54H,4-26,43,55-56H2,1-3H3. The molecule has 3 unspecified atom stereocenters. The van der Waals surface area contributed by atoms with E-state index in [1.807, 2.05) is 0 Å². The van der Waals surface area contributed by atoms with E-state index >= 15 is 0 Å². The zero-order chi connectivity index (χ0) is 39.6. The summed E-state index contributed by atoms with van der Waals surface area (Å²) in [5.41, 5.74) is 22.6. The third-order valence-corrected chi connectivity index (χ3v) is 12.5. The largest absolute Gasteiger partial charge is 0.399 e. The van der Waals surface area contributed by atoms with E-state index in [9.17, 15) is 0 Å². The maximum Gasteiger partial charge on any atom is 0.0314 e. The third kappa shape index (κ3) is 16.5. The summed E-state index contributed by atoms with van der Waals surface area (Å²) in [5, 5.41) is 0. The Kier molecular flexibility index (Phi) is 21.9. The first-order valence-corrected chi connectivity index (χ1v) is 23.4. The Morgan fingerprint density at radius 1 is 0.321 bits per heavy atom. The Morgan fingerprint density at radius 2 is 0.607 bits per heavy atom. The van der Waals surface area contributed by atoms with Crippen molar-refractivity contribution in [1.29, 1.82) is 0 Å². The molecule has 4 aromatic rings. The molecule has 4 rings (SSSR count). The number of unbranched alkanes of at least 4 members (excludes halogenated alkanes) is 17. The van der Waals surface area contributed by atoms with Crippen LogP contribution in [0.5, 0.6) is 0 Å². The van der Waals surface area contributed by atoms with E-state index < -0.39 is 0 Å². The van der Waals surface area contributed by atoms with Gasteiger partial charge in [0.05, 0.1) is 0 Å². The molecule has 0 heterocycles. The minimum Gasteiger partial charge on any atom is -0.399 e. The molecule has 0 spiro atoms. The first-order chi connectivity index (χ1) is 27.5. The summed E-state index contributed by atoms with van der Waals surface area (Å²) in [5.74, 6) is 1.36. The lowest BCUT2D eigenvalue weighted by Gasteiger charge is -2.22. The average Bonchev–Trinajstić information content (AvgIpc) is 3.22. The highest BCUT2D eigenvalue weighted by Crippen LogP contribution is 2.35. The molecule has 0 aliphatic rings. The van der Waals surface area contributed by atoms with Crippen LogP contribution >= 0.6 is 0 Å². The smallest absolute Gasteiger partial charge is 0.0314 e. The molecular formula is C54H80N2. The van der Waals surface area contributed by atoms with E-state index in [-0.39, 0.29) is 0 Å². The van der Waals surface area contributed by atoms with Gasteiger partial charge in [-0.05, 0) is 89.2 Å². The minimum atomic E-state index is 0.417. The number of hydrogen-bond acceptors (Lipinski definition) is 2. The fourth-order valence-electron chi connectivity index (χ4n) is 8.85. The molecule has 4 N–H and O–H groups in total. The van der Waals surface area contributed by atoms with E-state index in [0.29, 0.717) is 17.8 Å². The number of nitrogens with two attached hydrogens (primary N) is 2. The van der Waals surface area contributed by atoms with Gasteiger partial charge in [0.2, 0.25) is 0 Å². The third-order valence-electron chi connectivity index (χ3n) is 12.5. The summed E-state index contributed by atoms with van der Waals surface area (Å²) < 4.78 is 0. The van der Waals surface area contributed by atoms with Crippen molar-refractivity contribution in [2.45, 2.75) is 193 Å². The van der Waals surface area contributed by atoms with Gasteiger partial charge in [-0.2, -0.15) is 0 Å². The van der Waals surface area contributed by atoms with Gasteiger partial charge in [0.1, 0.15) is 0 Å². The van der Waals surface area contributed by atoms with Crippen molar-refractivity contribution in [3.63, 3.8) is 0 Å². The van der Waals surface area contributed by atoms with Gasteiger partial charge >= 0.3 is 0 Å². The highest BCUT2D eigenvalue weighted by molar-refractivity contribution is 5.44. The summed E-state index contributed by atoms with van der Waals surface area (Å²) in [6, 6.07) is 36.9. The van der Waals surface area contributed by atoms with Crippen LogP contribution in [-0.2, 0) is 6.42 Å². The second-order valence-corrected chi connectivity index (χ2v) is 17.1. The quantitative estimate of drug-likeness (QED) is 0.0411. The van der Waals surface area contributed by atoms with Gasteiger partial charge in [-0.3, -0.25) is 0 Å². The molecule has 0 aromatic heterocycles. The fraction of sp³-hybridized carbons (Fsp3) is 0.556. The van der Waals surface area contributed by atoms with Gasteiger partial charge in [0, 0.05) is 23.2 Å². The molecule has 0 aliphatic carbocycles. The Hall–Kier alpha value is -3.52. The number of benzene rings is 4. The monoisotopic (exact) mass is 757 g/mol. The van der Waals surface area contributed by atoms with E-state index in [1.54, 1.807) is 0 Å². The molecule has 0 saturated carbocycles. The molecule has 0 fully saturated rings. The summed E-state index contributed by atoms with van der Waals surface area (Å²) >= 11 is 0. The SMILES string of the molecule is CCCCCCCCCCC(Cc1ccc(C(CCCCCCCC)c2ccc(N)cc2)cc1)c1ccc(C(CCCCCCCC)c2ccc(N)cc2)cc1. The maximum atomic E-state index is 6.12. The van der Waals surface area contributed by atoms with Crippen LogP contribution in [0.1, 0.15) is 220 Å². The zero-order valence-electron chi connectivity index (χ0n) is 36.1. The molecule has 0 aliphatic heterocycles. The van der Waals surface area contributed by atoms with Crippen LogP contribution in [0.15, 0.2) is 97.1 Å². The van der Waals surface area contributed by atoms with Crippen LogP contribution < -0.4 is 11.5 Å². The number of rotatable bonds is 30. The van der Waals surface area contributed by atoms with Crippen molar-refractivity contribution < 1.29 is 0 Å². The molecule has 0 radical (unpaired) electrons. The number of anilines is 2. The van der Waals surface area contributed by atoms with Gasteiger partial charge in [-0.1, -0.05) is 222 Å². The lowest BCUT2D eigenvalue weighted by atomic mass is 9.82. The Morgan fingerprint density at radius 3 is 0.982 bits per heavy atom. The predicted molar refractivity (Wildman–Crippen MR) is 248 cm³/mol. The highest BCUT2D eigenvalue weighted by Gasteiger charge is 2.19. The van der Waals surface area contributed by atoms with Gasteiger partial charge in [0.15, 0.2) is 0 Å². The maximum absolute atomic E-state index is 6.12. The van der Waals surface area contributed by atoms with Crippen LogP contribution in [0.4, 0.5) is 11.4 Å². The second kappa shape index (κ2) is 27.2. The molecule has 56 heavy (non-hydrogen) atoms. The second-order valence-electron chi connectivity index (χ2n) is 17.1. The van der Waals surface area contributed by atoms with E-state index in [0.717, 1.165) is 17.8 Å². The zero-order valence-corrected chi connectivity index (χ0v) is 36.1. The molecule has 2 nitrogen and oxygen atoms in total. The molecule has 0 bridgehead atoms. The molecule has 306 valence electrons. The Labute approximate surface area is 344 Å². The summed E-state index contributed by atoms with van der Waals surface area (Å²) in [7, 11) is 0. The normalized spacial score (nSPS) is 13.1. The molecule has 0 saturated heterocycles. The Bertz CT molecular complexity index is 1540. The van der Waals surface area contributed by atoms with Gasteiger partial charge < -0.3 is 11.5 Å². The minimum absolute atomic E-state index is 0.417. The summed E-state index contributed by atoms with van der Waals surface area (Å²) in [6.07, 6.45) is 31.6. The summed E-state index contributed by atoms with van der Waals surface area (Å²) in [4.78, 5) is 0. The number of hydrogen-bond donors (Lipinski definition) is 2. The Balaban J connectivity index is 1.49. The van der Waals surface area contributed by atoms with Crippen molar-refractivity contribution in [3.8, 4) is 0 Å². The van der Waals surface area contributed by atoms with Crippen LogP contribution in [0.25, 0.3) is 0 Å². The number of nitrogen functional groups attached to an aromatic ring is 2.